The highest BCUT2D eigenvalue weighted by Crippen LogP contribution is 2.24. The third-order valence-electron chi connectivity index (χ3n) is 4.66. The van der Waals surface area contributed by atoms with Crippen LogP contribution >= 0.6 is 35.0 Å². The first-order valence-electron chi connectivity index (χ1n) is 10.0. The van der Waals surface area contributed by atoms with Crippen molar-refractivity contribution in [1.82, 2.24) is 10.2 Å². The Morgan fingerprint density at radius 1 is 1.10 bits per heavy atom. The number of nitrogens with one attached hydrogen (secondary N) is 1. The molecule has 0 aliphatic carbocycles. The second-order valence-corrected chi connectivity index (χ2v) is 9.13. The minimum Gasteiger partial charge on any atom is -0.354 e. The summed E-state index contributed by atoms with van der Waals surface area (Å²) in [5.41, 5.74) is 2.04. The Morgan fingerprint density at radius 2 is 1.80 bits per heavy atom. The molecule has 2 aromatic rings. The number of hydrogen-bond acceptors (Lipinski definition) is 3. The largest absolute Gasteiger partial charge is 0.354 e. The Kier molecular flexibility index (Phi) is 10.0. The van der Waals surface area contributed by atoms with Crippen LogP contribution in [0.15, 0.2) is 47.4 Å². The van der Waals surface area contributed by atoms with Crippen LogP contribution in [0.1, 0.15) is 37.8 Å². The molecule has 2 aromatic carbocycles. The summed E-state index contributed by atoms with van der Waals surface area (Å²) in [6.07, 6.45) is 1.18. The molecule has 0 spiro atoms. The molecule has 7 heteroatoms. The highest BCUT2D eigenvalue weighted by molar-refractivity contribution is 7.99. The van der Waals surface area contributed by atoms with Gasteiger partial charge >= 0.3 is 0 Å². The van der Waals surface area contributed by atoms with Gasteiger partial charge in [0, 0.05) is 30.2 Å². The van der Waals surface area contributed by atoms with E-state index in [0.29, 0.717) is 35.3 Å². The molecule has 30 heavy (non-hydrogen) atoms. The summed E-state index contributed by atoms with van der Waals surface area (Å²) < 4.78 is 0. The van der Waals surface area contributed by atoms with Gasteiger partial charge in [0.05, 0.1) is 10.0 Å². The predicted molar refractivity (Wildman–Crippen MR) is 126 cm³/mol. The fourth-order valence-electron chi connectivity index (χ4n) is 2.85. The monoisotopic (exact) mass is 466 g/mol. The standard InChI is InChI=1S/C23H28Cl2N2O2S/c1-4-12-26-23(29)17(3)27(15-18-7-10-20(24)21(25)14-18)22(28)11-13-30-19-8-5-16(2)6-9-19/h5-10,14,17H,4,11-13,15H2,1-3H3,(H,26,29). The van der Waals surface area contributed by atoms with E-state index in [-0.39, 0.29) is 11.8 Å². The molecule has 2 amide bonds. The molecule has 4 nitrogen and oxygen atoms in total. The van der Waals surface area contributed by atoms with Gasteiger partial charge in [-0.3, -0.25) is 9.59 Å². The van der Waals surface area contributed by atoms with Crippen LogP contribution in [0.3, 0.4) is 0 Å². The van der Waals surface area contributed by atoms with Crippen molar-refractivity contribution in [3.8, 4) is 0 Å². The van der Waals surface area contributed by atoms with Crippen LogP contribution in [0.2, 0.25) is 10.0 Å². The summed E-state index contributed by atoms with van der Waals surface area (Å²) in [7, 11) is 0. The number of halogens is 2. The maximum atomic E-state index is 13.0. The third-order valence-corrected chi connectivity index (χ3v) is 6.41. The van der Waals surface area contributed by atoms with Crippen LogP contribution in [0, 0.1) is 6.92 Å². The van der Waals surface area contributed by atoms with Gasteiger partial charge in [-0.05, 0) is 50.1 Å². The highest BCUT2D eigenvalue weighted by Gasteiger charge is 2.25. The molecule has 0 radical (unpaired) electrons. The average molecular weight is 467 g/mol. The molecule has 162 valence electrons. The number of nitrogens with zero attached hydrogens (tertiary/aromatic N) is 1. The molecule has 0 aliphatic heterocycles. The first-order valence-corrected chi connectivity index (χ1v) is 11.8. The van der Waals surface area contributed by atoms with E-state index >= 15 is 0 Å². The molecule has 0 bridgehead atoms. The zero-order chi connectivity index (χ0) is 22.1. The van der Waals surface area contributed by atoms with Crippen molar-refractivity contribution in [3.05, 3.63) is 63.6 Å². The summed E-state index contributed by atoms with van der Waals surface area (Å²) >= 11 is 13.8. The van der Waals surface area contributed by atoms with E-state index in [1.807, 2.05) is 19.9 Å². The smallest absolute Gasteiger partial charge is 0.242 e. The lowest BCUT2D eigenvalue weighted by molar-refractivity contribution is -0.140. The highest BCUT2D eigenvalue weighted by atomic mass is 35.5. The summed E-state index contributed by atoms with van der Waals surface area (Å²) in [4.78, 5) is 28.3. The van der Waals surface area contributed by atoms with Crippen molar-refractivity contribution in [2.24, 2.45) is 0 Å². The van der Waals surface area contributed by atoms with Gasteiger partial charge in [-0.2, -0.15) is 0 Å². The second kappa shape index (κ2) is 12.2. The fraction of sp³-hybridized carbons (Fsp3) is 0.391. The van der Waals surface area contributed by atoms with Gasteiger partial charge in [-0.1, -0.05) is 53.9 Å². The van der Waals surface area contributed by atoms with Gasteiger partial charge in [-0.25, -0.2) is 0 Å². The molecule has 0 fully saturated rings. The van der Waals surface area contributed by atoms with E-state index in [0.717, 1.165) is 16.9 Å². The van der Waals surface area contributed by atoms with Crippen molar-refractivity contribution in [1.29, 1.82) is 0 Å². The van der Waals surface area contributed by atoms with Gasteiger partial charge in [0.2, 0.25) is 11.8 Å². The third kappa shape index (κ3) is 7.53. The lowest BCUT2D eigenvalue weighted by atomic mass is 10.1. The number of carbonyl (C=O) groups is 2. The van der Waals surface area contributed by atoms with Crippen LogP contribution in [0.25, 0.3) is 0 Å². The summed E-state index contributed by atoms with van der Waals surface area (Å²) in [6, 6.07) is 12.9. The van der Waals surface area contributed by atoms with Gasteiger partial charge in [0.25, 0.3) is 0 Å². The van der Waals surface area contributed by atoms with Crippen LogP contribution in [-0.4, -0.2) is 35.1 Å². The van der Waals surface area contributed by atoms with Crippen molar-refractivity contribution >= 4 is 46.8 Å². The summed E-state index contributed by atoms with van der Waals surface area (Å²) in [5, 5.41) is 3.77. The van der Waals surface area contributed by atoms with Crippen LogP contribution in [0.5, 0.6) is 0 Å². The fourth-order valence-corrected chi connectivity index (χ4v) is 4.01. The van der Waals surface area contributed by atoms with Gasteiger partial charge < -0.3 is 10.2 Å². The van der Waals surface area contributed by atoms with E-state index in [1.165, 1.54) is 5.56 Å². The molecule has 1 atom stereocenters. The number of amides is 2. The SMILES string of the molecule is CCCNC(=O)C(C)N(Cc1ccc(Cl)c(Cl)c1)C(=O)CCSc1ccc(C)cc1. The molecular formula is C23H28Cl2N2O2S. The van der Waals surface area contributed by atoms with Gasteiger partial charge in [-0.15, -0.1) is 11.8 Å². The zero-order valence-electron chi connectivity index (χ0n) is 17.6. The Morgan fingerprint density at radius 3 is 2.43 bits per heavy atom. The maximum absolute atomic E-state index is 13.0. The molecule has 0 heterocycles. The van der Waals surface area contributed by atoms with Crippen LogP contribution < -0.4 is 5.32 Å². The van der Waals surface area contributed by atoms with Crippen LogP contribution in [-0.2, 0) is 16.1 Å². The van der Waals surface area contributed by atoms with Crippen molar-refractivity contribution < 1.29 is 9.59 Å². The minimum atomic E-state index is -0.581. The number of aryl methyl sites for hydroxylation is 1. The molecule has 0 saturated carbocycles. The van der Waals surface area contributed by atoms with E-state index in [4.69, 9.17) is 23.2 Å². The minimum absolute atomic E-state index is 0.0696. The van der Waals surface area contributed by atoms with Crippen LogP contribution in [0.4, 0.5) is 0 Å². The van der Waals surface area contributed by atoms with Crippen molar-refractivity contribution in [3.63, 3.8) is 0 Å². The first kappa shape index (κ1) is 24.6. The zero-order valence-corrected chi connectivity index (χ0v) is 19.9. The molecule has 0 saturated heterocycles. The van der Waals surface area contributed by atoms with Crippen molar-refractivity contribution in [2.45, 2.75) is 51.1 Å². The number of rotatable bonds is 10. The summed E-state index contributed by atoms with van der Waals surface area (Å²) in [6.45, 7) is 6.68. The maximum Gasteiger partial charge on any atom is 0.242 e. The molecule has 1 unspecified atom stereocenters. The average Bonchev–Trinajstić information content (AvgIpc) is 2.73. The summed E-state index contributed by atoms with van der Waals surface area (Å²) in [5.74, 6) is 0.416. The number of thioether (sulfide) groups is 1. The quantitative estimate of drug-likeness (QED) is 0.454. The van der Waals surface area contributed by atoms with E-state index in [2.05, 4.69) is 29.6 Å². The molecule has 1 N–H and O–H groups in total. The lowest BCUT2D eigenvalue weighted by Crippen LogP contribution is -2.47. The second-order valence-electron chi connectivity index (χ2n) is 7.15. The van der Waals surface area contributed by atoms with Gasteiger partial charge in [0.1, 0.15) is 6.04 Å². The van der Waals surface area contributed by atoms with Crippen molar-refractivity contribution in [2.75, 3.05) is 12.3 Å². The van der Waals surface area contributed by atoms with E-state index in [1.54, 1.807) is 35.7 Å². The Labute approximate surface area is 193 Å². The lowest BCUT2D eigenvalue weighted by Gasteiger charge is -2.29. The Bertz CT molecular complexity index is 859. The molecule has 0 aromatic heterocycles. The molecule has 2 rings (SSSR count). The predicted octanol–water partition coefficient (Wildman–Crippen LogP) is 5.73. The topological polar surface area (TPSA) is 49.4 Å². The van der Waals surface area contributed by atoms with E-state index in [9.17, 15) is 9.59 Å². The molecule has 0 aliphatic rings. The number of benzene rings is 2. The first-order chi connectivity index (χ1) is 14.3. The van der Waals surface area contributed by atoms with Gasteiger partial charge in [0.15, 0.2) is 0 Å². The Balaban J connectivity index is 2.07. The number of carbonyl (C=O) groups excluding carboxylic acids is 2. The Hall–Kier alpha value is -1.69. The normalized spacial score (nSPS) is 11.8. The molecular weight excluding hydrogens is 439 g/mol. The number of hydrogen-bond donors (Lipinski definition) is 1. The van der Waals surface area contributed by atoms with E-state index < -0.39 is 6.04 Å².